The second-order valence-electron chi connectivity index (χ2n) is 3.81. The zero-order chi connectivity index (χ0) is 13.0. The maximum Gasteiger partial charge on any atom is 0.303 e. The van der Waals surface area contributed by atoms with Gasteiger partial charge in [-0.1, -0.05) is 6.07 Å². The van der Waals surface area contributed by atoms with E-state index >= 15 is 0 Å². The van der Waals surface area contributed by atoms with Gasteiger partial charge >= 0.3 is 5.97 Å². The number of rotatable bonds is 5. The first-order chi connectivity index (χ1) is 8.70. The Labute approximate surface area is 105 Å². The summed E-state index contributed by atoms with van der Waals surface area (Å²) >= 11 is 0. The third kappa shape index (κ3) is 2.68. The van der Waals surface area contributed by atoms with Gasteiger partial charge in [-0.05, 0) is 12.1 Å². The number of carbonyl (C=O) groups is 1. The predicted octanol–water partition coefficient (Wildman–Crippen LogP) is 1.90. The fourth-order valence-electron chi connectivity index (χ4n) is 1.73. The molecule has 2 rings (SSSR count). The number of methoxy groups -OCH3 is 1. The highest BCUT2D eigenvalue weighted by atomic mass is 16.5. The molecule has 1 heterocycles. The maximum absolute atomic E-state index is 10.6. The zero-order valence-electron chi connectivity index (χ0n) is 10.0. The normalized spacial score (nSPS) is 10.3. The number of carboxylic acid groups (broad SMARTS) is 1. The maximum atomic E-state index is 10.6. The van der Waals surface area contributed by atoms with Crippen LogP contribution in [0.1, 0.15) is 12.2 Å². The van der Waals surface area contributed by atoms with Gasteiger partial charge in [0.05, 0.1) is 19.2 Å². The van der Waals surface area contributed by atoms with Crippen molar-refractivity contribution < 1.29 is 14.6 Å². The third-order valence-electron chi connectivity index (χ3n) is 2.61. The number of aryl methyl sites for hydroxylation is 1. The summed E-state index contributed by atoms with van der Waals surface area (Å²) in [7, 11) is 1.61. The van der Waals surface area contributed by atoms with Crippen LogP contribution in [-0.2, 0) is 11.2 Å². The van der Waals surface area contributed by atoms with Crippen LogP contribution in [0.2, 0.25) is 0 Å². The van der Waals surface area contributed by atoms with Crippen LogP contribution in [0.4, 0.5) is 0 Å². The van der Waals surface area contributed by atoms with Crippen molar-refractivity contribution in [1.29, 1.82) is 0 Å². The van der Waals surface area contributed by atoms with Gasteiger partial charge in [0.25, 0.3) is 0 Å². The monoisotopic (exact) mass is 246 g/mol. The van der Waals surface area contributed by atoms with Crippen LogP contribution in [-0.4, -0.2) is 27.7 Å². The number of aromatic nitrogens is 2. The Kier molecular flexibility index (Phi) is 3.62. The van der Waals surface area contributed by atoms with Crippen molar-refractivity contribution in [2.75, 3.05) is 7.11 Å². The molecule has 0 saturated carbocycles. The number of hydrogen-bond acceptors (Lipinski definition) is 3. The lowest BCUT2D eigenvalue weighted by Crippen LogP contribution is -2.04. The Bertz CT molecular complexity index is 549. The molecule has 2 aromatic rings. The second-order valence-corrected chi connectivity index (χ2v) is 3.81. The van der Waals surface area contributed by atoms with Gasteiger partial charge in [-0.2, -0.15) is 0 Å². The Hall–Kier alpha value is -2.30. The minimum Gasteiger partial charge on any atom is -0.497 e. The van der Waals surface area contributed by atoms with Crippen LogP contribution in [0.3, 0.4) is 0 Å². The van der Waals surface area contributed by atoms with E-state index < -0.39 is 5.97 Å². The molecule has 5 heteroatoms. The summed E-state index contributed by atoms with van der Waals surface area (Å²) in [5.74, 6) is 0.659. The highest BCUT2D eigenvalue weighted by molar-refractivity contribution is 5.66. The number of imidazole rings is 1. The molecule has 0 aliphatic rings. The first kappa shape index (κ1) is 12.2. The zero-order valence-corrected chi connectivity index (χ0v) is 10.0. The Morgan fingerprint density at radius 2 is 2.33 bits per heavy atom. The van der Waals surface area contributed by atoms with E-state index in [0.29, 0.717) is 6.42 Å². The molecule has 0 spiro atoms. The minimum atomic E-state index is -0.824. The number of benzene rings is 1. The van der Waals surface area contributed by atoms with Crippen LogP contribution in [0.25, 0.3) is 5.69 Å². The van der Waals surface area contributed by atoms with E-state index in [0.717, 1.165) is 17.3 Å². The van der Waals surface area contributed by atoms with E-state index in [4.69, 9.17) is 9.84 Å². The summed E-state index contributed by atoms with van der Waals surface area (Å²) in [6.45, 7) is 0. The Morgan fingerprint density at radius 3 is 3.06 bits per heavy atom. The van der Waals surface area contributed by atoms with Crippen molar-refractivity contribution in [2.24, 2.45) is 0 Å². The van der Waals surface area contributed by atoms with E-state index in [1.54, 1.807) is 13.3 Å². The SMILES string of the molecule is COc1cccc(-n2ccnc2CCC(=O)O)c1. The second kappa shape index (κ2) is 5.35. The lowest BCUT2D eigenvalue weighted by molar-refractivity contribution is -0.137. The predicted molar refractivity (Wildman–Crippen MR) is 66.1 cm³/mol. The van der Waals surface area contributed by atoms with E-state index in [2.05, 4.69) is 4.98 Å². The van der Waals surface area contributed by atoms with Crippen LogP contribution in [0, 0.1) is 0 Å². The summed E-state index contributed by atoms with van der Waals surface area (Å²) in [4.78, 5) is 14.8. The average molecular weight is 246 g/mol. The van der Waals surface area contributed by atoms with E-state index in [1.165, 1.54) is 0 Å². The highest BCUT2D eigenvalue weighted by Gasteiger charge is 2.07. The molecule has 0 unspecified atom stereocenters. The quantitative estimate of drug-likeness (QED) is 0.875. The molecule has 5 nitrogen and oxygen atoms in total. The molecule has 0 bridgehead atoms. The van der Waals surface area contributed by atoms with Crippen molar-refractivity contribution >= 4 is 5.97 Å². The molecule has 0 saturated heterocycles. The summed E-state index contributed by atoms with van der Waals surface area (Å²) < 4.78 is 7.03. The molecule has 0 radical (unpaired) electrons. The van der Waals surface area contributed by atoms with Crippen LogP contribution >= 0.6 is 0 Å². The van der Waals surface area contributed by atoms with E-state index in [-0.39, 0.29) is 6.42 Å². The van der Waals surface area contributed by atoms with Gasteiger partial charge < -0.3 is 14.4 Å². The van der Waals surface area contributed by atoms with E-state index in [9.17, 15) is 4.79 Å². The first-order valence-corrected chi connectivity index (χ1v) is 5.59. The molecule has 1 aromatic heterocycles. The van der Waals surface area contributed by atoms with Crippen molar-refractivity contribution in [3.05, 3.63) is 42.5 Å². The molecule has 1 aromatic carbocycles. The molecule has 0 atom stereocenters. The average Bonchev–Trinajstić information content (AvgIpc) is 2.84. The number of hydrogen-bond donors (Lipinski definition) is 1. The minimum absolute atomic E-state index is 0.0704. The van der Waals surface area contributed by atoms with Gasteiger partial charge in [0.2, 0.25) is 0 Å². The van der Waals surface area contributed by atoms with Crippen LogP contribution in [0.15, 0.2) is 36.7 Å². The molecule has 0 amide bonds. The van der Waals surface area contributed by atoms with Gasteiger partial charge in [-0.3, -0.25) is 4.79 Å². The first-order valence-electron chi connectivity index (χ1n) is 5.59. The summed E-state index contributed by atoms with van der Waals surface area (Å²) in [5, 5.41) is 8.70. The molecular formula is C13H14N2O3. The van der Waals surface area contributed by atoms with E-state index in [1.807, 2.05) is 35.0 Å². The number of aliphatic carboxylic acids is 1. The van der Waals surface area contributed by atoms with Crippen molar-refractivity contribution in [3.8, 4) is 11.4 Å². The van der Waals surface area contributed by atoms with Crippen molar-refractivity contribution in [2.45, 2.75) is 12.8 Å². The van der Waals surface area contributed by atoms with Crippen molar-refractivity contribution in [1.82, 2.24) is 9.55 Å². The summed E-state index contributed by atoms with van der Waals surface area (Å²) in [5.41, 5.74) is 0.909. The van der Waals surface area contributed by atoms with Crippen LogP contribution in [0.5, 0.6) is 5.75 Å². The topological polar surface area (TPSA) is 64.4 Å². The highest BCUT2D eigenvalue weighted by Crippen LogP contribution is 2.18. The summed E-state index contributed by atoms with van der Waals surface area (Å²) in [6, 6.07) is 7.55. The van der Waals surface area contributed by atoms with Crippen LogP contribution < -0.4 is 4.74 Å². The molecule has 94 valence electrons. The van der Waals surface area contributed by atoms with Gasteiger partial charge in [0.15, 0.2) is 0 Å². The smallest absolute Gasteiger partial charge is 0.303 e. The molecule has 0 fully saturated rings. The Morgan fingerprint density at radius 1 is 1.50 bits per heavy atom. The number of ether oxygens (including phenoxy) is 1. The summed E-state index contributed by atoms with van der Waals surface area (Å²) in [6.07, 6.45) is 3.95. The fraction of sp³-hybridized carbons (Fsp3) is 0.231. The molecule has 0 aliphatic carbocycles. The number of nitrogens with zero attached hydrogens (tertiary/aromatic N) is 2. The molecule has 18 heavy (non-hydrogen) atoms. The third-order valence-corrected chi connectivity index (χ3v) is 2.61. The lowest BCUT2D eigenvalue weighted by atomic mass is 10.2. The van der Waals surface area contributed by atoms with Gasteiger partial charge in [-0.15, -0.1) is 0 Å². The lowest BCUT2D eigenvalue weighted by Gasteiger charge is -2.08. The molecular weight excluding hydrogens is 232 g/mol. The Balaban J connectivity index is 2.27. The standard InChI is InChI=1S/C13H14N2O3/c1-18-11-4-2-3-10(9-11)15-8-7-14-12(15)5-6-13(16)17/h2-4,7-9H,5-6H2,1H3,(H,16,17). The number of carboxylic acids is 1. The van der Waals surface area contributed by atoms with Gasteiger partial charge in [-0.25, -0.2) is 4.98 Å². The fourth-order valence-corrected chi connectivity index (χ4v) is 1.73. The largest absolute Gasteiger partial charge is 0.497 e. The van der Waals surface area contributed by atoms with Gasteiger partial charge in [0, 0.05) is 24.9 Å². The molecule has 1 N–H and O–H groups in total. The molecule has 0 aliphatic heterocycles. The van der Waals surface area contributed by atoms with Crippen molar-refractivity contribution in [3.63, 3.8) is 0 Å². The van der Waals surface area contributed by atoms with Gasteiger partial charge in [0.1, 0.15) is 11.6 Å².